The molecule has 0 unspecified atom stereocenters. The van der Waals surface area contributed by atoms with E-state index in [1.807, 2.05) is 29.7 Å². The van der Waals surface area contributed by atoms with E-state index in [-0.39, 0.29) is 5.41 Å². The van der Waals surface area contributed by atoms with Crippen molar-refractivity contribution in [3.63, 3.8) is 0 Å². The van der Waals surface area contributed by atoms with Crippen molar-refractivity contribution >= 4 is 22.9 Å². The van der Waals surface area contributed by atoms with Crippen molar-refractivity contribution in [1.82, 2.24) is 15.7 Å². The van der Waals surface area contributed by atoms with Crippen LogP contribution in [-0.4, -0.2) is 17.4 Å². The monoisotopic (exact) mass is 404 g/mol. The van der Waals surface area contributed by atoms with Gasteiger partial charge in [-0.1, -0.05) is 63.2 Å². The standard InChI is InChI=1S/C24H28N4O2/c1-24(2,3)23-20(19-6-4-5-7-21(19)26-23)14-15-25-16-18-10-8-17(9-11-18)12-13-22(29)27-28-30/h4-13,25-26H,14-16H2,1-3H3,(H,27,29,30)/b13-12+. The first-order valence-corrected chi connectivity index (χ1v) is 10.1. The molecule has 0 fully saturated rings. The molecule has 156 valence electrons. The van der Waals surface area contributed by atoms with Crippen LogP contribution < -0.4 is 10.7 Å². The lowest BCUT2D eigenvalue weighted by Crippen LogP contribution is -2.19. The molecule has 1 aromatic heterocycles. The summed E-state index contributed by atoms with van der Waals surface area (Å²) in [6.45, 7) is 8.37. The molecular formula is C24H28N4O2. The summed E-state index contributed by atoms with van der Waals surface area (Å²) >= 11 is 0. The molecule has 0 aliphatic carbocycles. The topological polar surface area (TPSA) is 86.3 Å². The number of aromatic nitrogens is 1. The maximum Gasteiger partial charge on any atom is 0.266 e. The second kappa shape index (κ2) is 9.50. The van der Waals surface area contributed by atoms with Gasteiger partial charge in [0.25, 0.3) is 5.91 Å². The number of fused-ring (bicyclic) bond motifs is 1. The van der Waals surface area contributed by atoms with Crippen molar-refractivity contribution in [2.75, 3.05) is 6.54 Å². The van der Waals surface area contributed by atoms with E-state index in [9.17, 15) is 9.70 Å². The van der Waals surface area contributed by atoms with Crippen molar-refractivity contribution in [2.45, 2.75) is 39.2 Å². The molecule has 3 aromatic rings. The fourth-order valence-corrected chi connectivity index (χ4v) is 3.55. The number of H-pyrrole nitrogens is 1. The summed E-state index contributed by atoms with van der Waals surface area (Å²) in [4.78, 5) is 24.8. The number of amides is 1. The maximum absolute atomic E-state index is 11.2. The average molecular weight is 405 g/mol. The lowest BCUT2D eigenvalue weighted by Gasteiger charge is -2.19. The number of nitrogens with one attached hydrogen (secondary N) is 3. The molecule has 0 aliphatic heterocycles. The summed E-state index contributed by atoms with van der Waals surface area (Å²) in [6, 6.07) is 16.4. The lowest BCUT2D eigenvalue weighted by atomic mass is 9.88. The third kappa shape index (κ3) is 5.42. The Morgan fingerprint density at radius 2 is 1.83 bits per heavy atom. The fraction of sp³-hybridized carbons (Fsp3) is 0.292. The van der Waals surface area contributed by atoms with Crippen molar-refractivity contribution in [3.8, 4) is 0 Å². The van der Waals surface area contributed by atoms with E-state index in [1.165, 1.54) is 33.8 Å². The maximum atomic E-state index is 11.2. The number of carbonyl (C=O) groups is 1. The Hall–Kier alpha value is -3.25. The third-order valence-electron chi connectivity index (χ3n) is 5.01. The minimum absolute atomic E-state index is 0.0659. The Labute approximate surface area is 176 Å². The van der Waals surface area contributed by atoms with Crippen LogP contribution in [0.3, 0.4) is 0 Å². The molecule has 1 heterocycles. The van der Waals surface area contributed by atoms with Crippen molar-refractivity contribution < 1.29 is 4.79 Å². The van der Waals surface area contributed by atoms with Crippen molar-refractivity contribution in [2.24, 2.45) is 5.29 Å². The number of hydrogen-bond acceptors (Lipinski definition) is 4. The van der Waals surface area contributed by atoms with Gasteiger partial charge < -0.3 is 10.3 Å². The van der Waals surface area contributed by atoms with Gasteiger partial charge in [0.1, 0.15) is 0 Å². The van der Waals surface area contributed by atoms with Gasteiger partial charge in [0, 0.05) is 34.6 Å². The van der Waals surface area contributed by atoms with Crippen molar-refractivity contribution in [3.05, 3.63) is 81.9 Å². The van der Waals surface area contributed by atoms with E-state index in [0.717, 1.165) is 25.1 Å². The first-order valence-electron chi connectivity index (χ1n) is 10.1. The van der Waals surface area contributed by atoms with Crippen LogP contribution >= 0.6 is 0 Å². The number of benzene rings is 2. The van der Waals surface area contributed by atoms with Crippen LogP contribution in [-0.2, 0) is 23.2 Å². The van der Waals surface area contributed by atoms with Crippen LogP contribution in [0, 0.1) is 4.91 Å². The van der Waals surface area contributed by atoms with Crippen LogP contribution in [0.2, 0.25) is 0 Å². The molecule has 1 amide bonds. The second-order valence-corrected chi connectivity index (χ2v) is 8.34. The molecule has 0 spiro atoms. The highest BCUT2D eigenvalue weighted by atomic mass is 16.3. The van der Waals surface area contributed by atoms with E-state index in [1.54, 1.807) is 6.08 Å². The molecule has 0 atom stereocenters. The van der Waals surface area contributed by atoms with Gasteiger partial charge in [0.05, 0.1) is 5.29 Å². The fourth-order valence-electron chi connectivity index (χ4n) is 3.55. The zero-order chi connectivity index (χ0) is 21.6. The number of rotatable bonds is 8. The summed E-state index contributed by atoms with van der Waals surface area (Å²) < 4.78 is 0. The van der Waals surface area contributed by atoms with Crippen LogP contribution in [0.25, 0.3) is 17.0 Å². The molecule has 30 heavy (non-hydrogen) atoms. The van der Waals surface area contributed by atoms with E-state index < -0.39 is 5.91 Å². The molecule has 2 aromatic carbocycles. The summed E-state index contributed by atoms with van der Waals surface area (Å²) in [5, 5.41) is 7.17. The Balaban J connectivity index is 1.58. The normalized spacial score (nSPS) is 11.8. The molecule has 3 N–H and O–H groups in total. The van der Waals surface area contributed by atoms with Gasteiger partial charge in [-0.2, -0.15) is 0 Å². The minimum atomic E-state index is -0.539. The SMILES string of the molecule is CC(C)(C)c1[nH]c2ccccc2c1CCNCc1ccc(/C=C/C(=O)NN=O)cc1. The zero-order valence-electron chi connectivity index (χ0n) is 17.7. The first-order chi connectivity index (χ1) is 14.4. The smallest absolute Gasteiger partial charge is 0.266 e. The van der Waals surface area contributed by atoms with E-state index in [4.69, 9.17) is 0 Å². The molecule has 0 bridgehead atoms. The van der Waals surface area contributed by atoms with Crippen LogP contribution in [0.4, 0.5) is 0 Å². The number of carbonyl (C=O) groups excluding carboxylic acids is 1. The van der Waals surface area contributed by atoms with Gasteiger partial charge in [-0.25, -0.2) is 5.43 Å². The molecule has 0 saturated carbocycles. The number of nitroso groups, excluding NO2 is 1. The third-order valence-corrected chi connectivity index (χ3v) is 5.01. The molecule has 0 saturated heterocycles. The van der Waals surface area contributed by atoms with Gasteiger partial charge >= 0.3 is 0 Å². The van der Waals surface area contributed by atoms with Gasteiger partial charge in [-0.15, -0.1) is 4.91 Å². The van der Waals surface area contributed by atoms with E-state index in [2.05, 4.69) is 60.6 Å². The number of nitrogens with zero attached hydrogens (tertiary/aromatic N) is 1. The minimum Gasteiger partial charge on any atom is -0.358 e. The van der Waals surface area contributed by atoms with Crippen LogP contribution in [0.1, 0.15) is 43.2 Å². The second-order valence-electron chi connectivity index (χ2n) is 8.34. The molecule has 0 radical (unpaired) electrons. The quantitative estimate of drug-likeness (QED) is 0.222. The largest absolute Gasteiger partial charge is 0.358 e. The summed E-state index contributed by atoms with van der Waals surface area (Å²) in [6.07, 6.45) is 3.88. The summed E-state index contributed by atoms with van der Waals surface area (Å²) in [5.41, 5.74) is 7.82. The van der Waals surface area contributed by atoms with E-state index in [0.29, 0.717) is 0 Å². The van der Waals surface area contributed by atoms with E-state index >= 15 is 0 Å². The van der Waals surface area contributed by atoms with Crippen LogP contribution in [0.15, 0.2) is 59.9 Å². The van der Waals surface area contributed by atoms with Crippen molar-refractivity contribution in [1.29, 1.82) is 0 Å². The highest BCUT2D eigenvalue weighted by Gasteiger charge is 2.21. The predicted octanol–water partition coefficient (Wildman–Crippen LogP) is 4.61. The van der Waals surface area contributed by atoms with Gasteiger partial charge in [0.2, 0.25) is 0 Å². The summed E-state index contributed by atoms with van der Waals surface area (Å²) in [5.74, 6) is -0.539. The Morgan fingerprint density at radius 3 is 2.53 bits per heavy atom. The number of hydrogen-bond donors (Lipinski definition) is 3. The zero-order valence-corrected chi connectivity index (χ0v) is 17.7. The van der Waals surface area contributed by atoms with Gasteiger partial charge in [0.15, 0.2) is 0 Å². The van der Waals surface area contributed by atoms with Gasteiger partial charge in [-0.05, 0) is 41.8 Å². The Morgan fingerprint density at radius 1 is 1.10 bits per heavy atom. The lowest BCUT2D eigenvalue weighted by molar-refractivity contribution is -0.116. The van der Waals surface area contributed by atoms with Crippen LogP contribution in [0.5, 0.6) is 0 Å². The number of para-hydroxylation sites is 1. The molecule has 3 rings (SSSR count). The summed E-state index contributed by atoms with van der Waals surface area (Å²) in [7, 11) is 0. The Bertz CT molecular complexity index is 1040. The molecule has 0 aliphatic rings. The highest BCUT2D eigenvalue weighted by Crippen LogP contribution is 2.31. The molecule has 6 heteroatoms. The molecule has 6 nitrogen and oxygen atoms in total. The number of aromatic amines is 1. The molecular weight excluding hydrogens is 376 g/mol. The predicted molar refractivity (Wildman–Crippen MR) is 122 cm³/mol. The first kappa shape index (κ1) is 21.5. The van der Waals surface area contributed by atoms with Gasteiger partial charge in [-0.3, -0.25) is 4.79 Å². The Kier molecular flexibility index (Phi) is 6.79. The average Bonchev–Trinajstić information content (AvgIpc) is 3.10. The highest BCUT2D eigenvalue weighted by molar-refractivity contribution is 5.91.